The maximum Gasteiger partial charge on any atom is 0.338 e. The van der Waals surface area contributed by atoms with E-state index in [9.17, 15) is 4.79 Å². The van der Waals surface area contributed by atoms with Gasteiger partial charge in [-0.05, 0) is 31.0 Å². The van der Waals surface area contributed by atoms with Crippen molar-refractivity contribution >= 4 is 11.7 Å². The third kappa shape index (κ3) is 2.88. The highest BCUT2D eigenvalue weighted by molar-refractivity contribution is 5.89. The average molecular weight is 272 g/mol. The molecule has 1 aromatic carbocycles. The Bertz CT molecular complexity index is 654. The van der Waals surface area contributed by atoms with E-state index in [2.05, 4.69) is 9.72 Å². The quantitative estimate of drug-likeness (QED) is 0.687. The lowest BCUT2D eigenvalue weighted by Gasteiger charge is -2.11. The number of hydrogen-bond acceptors (Lipinski definition) is 5. The van der Waals surface area contributed by atoms with Crippen LogP contribution >= 0.6 is 0 Å². The topological polar surface area (TPSA) is 74.4 Å². The number of methoxy groups -OCH3 is 1. The van der Waals surface area contributed by atoms with E-state index < -0.39 is 5.97 Å². The van der Waals surface area contributed by atoms with Gasteiger partial charge in [-0.3, -0.25) is 0 Å². The Labute approximate surface area is 117 Å². The fourth-order valence-electron chi connectivity index (χ4n) is 1.78. The van der Waals surface area contributed by atoms with Crippen LogP contribution in [0.2, 0.25) is 0 Å². The average Bonchev–Trinajstić information content (AvgIpc) is 2.44. The molecule has 0 radical (unpaired) electrons. The highest BCUT2D eigenvalue weighted by Crippen LogP contribution is 2.28. The molecular weight excluding hydrogens is 256 g/mol. The Kier molecular flexibility index (Phi) is 3.89. The van der Waals surface area contributed by atoms with Gasteiger partial charge in [-0.1, -0.05) is 6.07 Å². The molecule has 0 unspecified atom stereocenters. The zero-order valence-electron chi connectivity index (χ0n) is 11.6. The number of nitrogens with two attached hydrogens (primary N) is 1. The van der Waals surface area contributed by atoms with Gasteiger partial charge in [0.1, 0.15) is 5.75 Å². The second-order valence-corrected chi connectivity index (χ2v) is 4.45. The van der Waals surface area contributed by atoms with Crippen LogP contribution in [-0.2, 0) is 4.74 Å². The molecule has 5 heteroatoms. The molecule has 0 aliphatic heterocycles. The van der Waals surface area contributed by atoms with Gasteiger partial charge in [0.15, 0.2) is 0 Å². The zero-order chi connectivity index (χ0) is 14.7. The molecule has 1 aromatic heterocycles. The fraction of sp³-hybridized carbons (Fsp3) is 0.200. The second kappa shape index (κ2) is 5.61. The fourth-order valence-corrected chi connectivity index (χ4v) is 1.78. The molecule has 0 aliphatic carbocycles. The molecule has 1 heterocycles. The molecule has 0 bridgehead atoms. The first-order valence-corrected chi connectivity index (χ1v) is 6.10. The van der Waals surface area contributed by atoms with Crippen molar-refractivity contribution in [1.82, 2.24) is 4.98 Å². The largest absolute Gasteiger partial charge is 0.465 e. The molecule has 2 N–H and O–H groups in total. The molecule has 0 atom stereocenters. The number of aryl methyl sites for hydroxylation is 2. The van der Waals surface area contributed by atoms with Gasteiger partial charge >= 0.3 is 5.97 Å². The number of nitrogen functional groups attached to an aromatic ring is 1. The van der Waals surface area contributed by atoms with E-state index in [-0.39, 0.29) is 0 Å². The number of hydrogen-bond donors (Lipinski definition) is 1. The molecule has 20 heavy (non-hydrogen) atoms. The van der Waals surface area contributed by atoms with Crippen molar-refractivity contribution in [3.05, 3.63) is 47.2 Å². The number of pyridine rings is 1. The second-order valence-electron chi connectivity index (χ2n) is 4.45. The number of esters is 1. The van der Waals surface area contributed by atoms with Gasteiger partial charge in [-0.2, -0.15) is 0 Å². The number of nitrogens with zero attached hydrogens (tertiary/aromatic N) is 1. The third-order valence-corrected chi connectivity index (χ3v) is 2.93. The van der Waals surface area contributed by atoms with Gasteiger partial charge in [0.2, 0.25) is 5.88 Å². The minimum absolute atomic E-state index is 0.319. The Morgan fingerprint density at radius 3 is 2.65 bits per heavy atom. The van der Waals surface area contributed by atoms with E-state index in [4.69, 9.17) is 10.5 Å². The molecular formula is C15H16N2O3. The van der Waals surface area contributed by atoms with Gasteiger partial charge in [0.05, 0.1) is 12.7 Å². The number of carbonyl (C=O) groups excluding carboxylic acids is 1. The third-order valence-electron chi connectivity index (χ3n) is 2.93. The highest BCUT2D eigenvalue weighted by Gasteiger charge is 2.09. The van der Waals surface area contributed by atoms with Crippen molar-refractivity contribution in [3.8, 4) is 11.6 Å². The first-order chi connectivity index (χ1) is 9.51. The summed E-state index contributed by atoms with van der Waals surface area (Å²) in [6, 6.07) is 6.78. The van der Waals surface area contributed by atoms with Crippen LogP contribution in [0.15, 0.2) is 30.5 Å². The van der Waals surface area contributed by atoms with Crippen LogP contribution in [0.4, 0.5) is 5.69 Å². The molecule has 0 spiro atoms. The Morgan fingerprint density at radius 1 is 1.20 bits per heavy atom. The van der Waals surface area contributed by atoms with Crippen LogP contribution in [0.3, 0.4) is 0 Å². The molecule has 2 aromatic rings. The van der Waals surface area contributed by atoms with Gasteiger partial charge < -0.3 is 15.2 Å². The lowest BCUT2D eigenvalue weighted by Crippen LogP contribution is -2.02. The van der Waals surface area contributed by atoms with Gasteiger partial charge in [0.25, 0.3) is 0 Å². The summed E-state index contributed by atoms with van der Waals surface area (Å²) in [6.07, 6.45) is 1.49. The normalized spacial score (nSPS) is 10.2. The van der Waals surface area contributed by atoms with Crippen LogP contribution < -0.4 is 10.5 Å². The molecule has 0 fully saturated rings. The minimum atomic E-state index is -0.433. The van der Waals surface area contributed by atoms with Crippen LogP contribution in [0, 0.1) is 13.8 Å². The molecule has 2 rings (SSSR count). The Hall–Kier alpha value is -2.56. The Morgan fingerprint density at radius 2 is 1.95 bits per heavy atom. The van der Waals surface area contributed by atoms with E-state index in [1.807, 2.05) is 19.9 Å². The van der Waals surface area contributed by atoms with Crippen molar-refractivity contribution in [1.29, 1.82) is 0 Å². The standard InChI is InChI=1S/C15H16N2O3/c1-9-6-10(2)13(8-12(9)16)20-14-7-11(4-5-17-14)15(18)19-3/h4-8H,16H2,1-3H3. The lowest BCUT2D eigenvalue weighted by atomic mass is 10.1. The molecule has 5 nitrogen and oxygen atoms in total. The van der Waals surface area contributed by atoms with Crippen molar-refractivity contribution in [2.75, 3.05) is 12.8 Å². The predicted molar refractivity (Wildman–Crippen MR) is 76.0 cm³/mol. The van der Waals surface area contributed by atoms with Crippen molar-refractivity contribution in [2.45, 2.75) is 13.8 Å². The van der Waals surface area contributed by atoms with E-state index in [0.717, 1.165) is 11.1 Å². The first-order valence-electron chi connectivity index (χ1n) is 6.10. The number of rotatable bonds is 3. The lowest BCUT2D eigenvalue weighted by molar-refractivity contribution is 0.0600. The summed E-state index contributed by atoms with van der Waals surface area (Å²) in [5.41, 5.74) is 8.84. The van der Waals surface area contributed by atoms with Crippen molar-refractivity contribution < 1.29 is 14.3 Å². The summed E-state index contributed by atoms with van der Waals surface area (Å²) in [5, 5.41) is 0. The smallest absolute Gasteiger partial charge is 0.338 e. The monoisotopic (exact) mass is 272 g/mol. The molecule has 0 amide bonds. The molecule has 104 valence electrons. The van der Waals surface area contributed by atoms with Crippen LogP contribution in [0.25, 0.3) is 0 Å². The van der Waals surface area contributed by atoms with Crippen molar-refractivity contribution in [3.63, 3.8) is 0 Å². The van der Waals surface area contributed by atoms with Gasteiger partial charge in [0, 0.05) is 24.0 Å². The number of anilines is 1. The predicted octanol–water partition coefficient (Wildman–Crippen LogP) is 2.86. The highest BCUT2D eigenvalue weighted by atomic mass is 16.5. The van der Waals surface area contributed by atoms with E-state index in [1.165, 1.54) is 19.4 Å². The van der Waals surface area contributed by atoms with Gasteiger partial charge in [-0.25, -0.2) is 9.78 Å². The van der Waals surface area contributed by atoms with Crippen LogP contribution in [0.1, 0.15) is 21.5 Å². The van der Waals surface area contributed by atoms with Crippen LogP contribution in [0.5, 0.6) is 11.6 Å². The number of ether oxygens (including phenoxy) is 2. The van der Waals surface area contributed by atoms with E-state index in [1.54, 1.807) is 12.1 Å². The summed E-state index contributed by atoms with van der Waals surface area (Å²) in [7, 11) is 1.33. The number of aromatic nitrogens is 1. The number of carbonyl (C=O) groups is 1. The summed E-state index contributed by atoms with van der Waals surface area (Å²) in [5.74, 6) is 0.499. The molecule has 0 saturated heterocycles. The van der Waals surface area contributed by atoms with Crippen LogP contribution in [-0.4, -0.2) is 18.1 Å². The summed E-state index contributed by atoms with van der Waals surface area (Å²) < 4.78 is 10.3. The van der Waals surface area contributed by atoms with Crippen molar-refractivity contribution in [2.24, 2.45) is 0 Å². The number of benzene rings is 1. The maximum absolute atomic E-state index is 11.5. The van der Waals surface area contributed by atoms with E-state index in [0.29, 0.717) is 22.9 Å². The minimum Gasteiger partial charge on any atom is -0.465 e. The maximum atomic E-state index is 11.5. The summed E-state index contributed by atoms with van der Waals surface area (Å²) in [6.45, 7) is 3.86. The zero-order valence-corrected chi connectivity index (χ0v) is 11.6. The summed E-state index contributed by atoms with van der Waals surface area (Å²) in [4.78, 5) is 15.5. The summed E-state index contributed by atoms with van der Waals surface area (Å²) >= 11 is 0. The van der Waals surface area contributed by atoms with E-state index >= 15 is 0 Å². The molecule has 0 saturated carbocycles. The first kappa shape index (κ1) is 13.9. The SMILES string of the molecule is COC(=O)c1ccnc(Oc2cc(N)c(C)cc2C)c1. The Balaban J connectivity index is 2.31. The molecule has 0 aliphatic rings. The van der Waals surface area contributed by atoms with Gasteiger partial charge in [-0.15, -0.1) is 0 Å².